The first-order valence-electron chi connectivity index (χ1n) is 9.95. The number of nitrogens with zero attached hydrogens (tertiary/aromatic N) is 2. The van der Waals surface area contributed by atoms with Crippen LogP contribution in [-0.4, -0.2) is 68.9 Å². The number of ether oxygens (including phenoxy) is 2. The summed E-state index contributed by atoms with van der Waals surface area (Å²) in [5.74, 6) is -1.76. The standard InChI is InChI=1S/C21H25N3O7S/c1-12(26)30-10-13-11-32-19-16(22-15(27)8-23-7-5-6-14(23)9-25)18(28)24(19)17(13)20(29)31-21(2,3)4/h5-7,9,16,19H,8,10-11H2,1-4H3,(H,22,27). The second-order valence-electron chi connectivity index (χ2n) is 8.37. The zero-order valence-electron chi connectivity index (χ0n) is 18.2. The Kier molecular flexibility index (Phi) is 6.77. The van der Waals surface area contributed by atoms with Crippen LogP contribution in [0.4, 0.5) is 0 Å². The van der Waals surface area contributed by atoms with E-state index in [1.807, 2.05) is 0 Å². The molecule has 2 amide bonds. The molecule has 11 heteroatoms. The molecule has 0 radical (unpaired) electrons. The number of nitrogens with one attached hydrogen (secondary N) is 1. The highest BCUT2D eigenvalue weighted by Crippen LogP contribution is 2.41. The van der Waals surface area contributed by atoms with Crippen LogP contribution in [0.25, 0.3) is 0 Å². The molecule has 1 aromatic rings. The summed E-state index contributed by atoms with van der Waals surface area (Å²) < 4.78 is 12.0. The molecule has 0 spiro atoms. The van der Waals surface area contributed by atoms with Crippen molar-refractivity contribution in [2.45, 2.75) is 51.3 Å². The zero-order valence-corrected chi connectivity index (χ0v) is 19.1. The van der Waals surface area contributed by atoms with Gasteiger partial charge < -0.3 is 19.4 Å². The normalized spacial score (nSPS) is 20.2. The van der Waals surface area contributed by atoms with Crippen LogP contribution in [0.5, 0.6) is 0 Å². The molecular weight excluding hydrogens is 438 g/mol. The molecule has 3 rings (SSSR count). The molecule has 1 fully saturated rings. The fraction of sp³-hybridized carbons (Fsp3) is 0.476. The lowest BCUT2D eigenvalue weighted by Crippen LogP contribution is -2.71. The molecule has 1 aromatic heterocycles. The van der Waals surface area contributed by atoms with Gasteiger partial charge in [-0.25, -0.2) is 4.79 Å². The van der Waals surface area contributed by atoms with Gasteiger partial charge in [-0.1, -0.05) is 0 Å². The third-order valence-corrected chi connectivity index (χ3v) is 6.04. The molecule has 2 aliphatic heterocycles. The summed E-state index contributed by atoms with van der Waals surface area (Å²) in [4.78, 5) is 61.8. The van der Waals surface area contributed by atoms with Gasteiger partial charge in [-0.2, -0.15) is 0 Å². The zero-order chi connectivity index (χ0) is 23.6. The maximum Gasteiger partial charge on any atom is 0.355 e. The van der Waals surface area contributed by atoms with E-state index in [9.17, 15) is 24.0 Å². The van der Waals surface area contributed by atoms with Crippen LogP contribution in [0, 0.1) is 0 Å². The van der Waals surface area contributed by atoms with E-state index in [4.69, 9.17) is 9.47 Å². The van der Waals surface area contributed by atoms with Gasteiger partial charge in [0.15, 0.2) is 6.29 Å². The van der Waals surface area contributed by atoms with Crippen molar-refractivity contribution in [2.24, 2.45) is 0 Å². The number of esters is 2. The molecule has 32 heavy (non-hydrogen) atoms. The van der Waals surface area contributed by atoms with Gasteiger partial charge >= 0.3 is 11.9 Å². The van der Waals surface area contributed by atoms with Crippen LogP contribution in [-0.2, 0) is 35.2 Å². The third kappa shape index (κ3) is 5.04. The summed E-state index contributed by atoms with van der Waals surface area (Å²) in [5.41, 5.74) is 0.0792. The molecule has 2 aliphatic rings. The number of carbonyl (C=O) groups excluding carboxylic acids is 5. The third-order valence-electron chi connectivity index (χ3n) is 4.70. The summed E-state index contributed by atoms with van der Waals surface area (Å²) in [6.45, 7) is 6.14. The highest BCUT2D eigenvalue weighted by molar-refractivity contribution is 8.00. The molecular formula is C21H25N3O7S. The number of carbonyl (C=O) groups is 5. The Labute approximate surface area is 189 Å². The molecule has 10 nitrogen and oxygen atoms in total. The molecule has 1 N–H and O–H groups in total. The molecule has 0 aromatic carbocycles. The van der Waals surface area contributed by atoms with Gasteiger partial charge in [0.05, 0.1) is 5.69 Å². The number of aldehydes is 1. The molecule has 0 saturated carbocycles. The van der Waals surface area contributed by atoms with Gasteiger partial charge in [0.2, 0.25) is 5.91 Å². The Hall–Kier alpha value is -3.08. The van der Waals surface area contributed by atoms with E-state index in [1.165, 1.54) is 28.2 Å². The van der Waals surface area contributed by atoms with E-state index in [2.05, 4.69) is 5.32 Å². The van der Waals surface area contributed by atoms with Crippen molar-refractivity contribution in [1.82, 2.24) is 14.8 Å². The van der Waals surface area contributed by atoms with Crippen LogP contribution in [0.2, 0.25) is 0 Å². The fourth-order valence-electron chi connectivity index (χ4n) is 3.35. The van der Waals surface area contributed by atoms with Crippen molar-refractivity contribution in [1.29, 1.82) is 0 Å². The molecule has 2 atom stereocenters. The molecule has 0 aliphatic carbocycles. The monoisotopic (exact) mass is 463 g/mol. The van der Waals surface area contributed by atoms with E-state index in [-0.39, 0.29) is 18.8 Å². The quantitative estimate of drug-likeness (QED) is 0.359. The topological polar surface area (TPSA) is 124 Å². The SMILES string of the molecule is CC(=O)OCC1=C(C(=O)OC(C)(C)C)N2C(=O)C(NC(=O)Cn3cccc3C=O)C2SC1. The summed E-state index contributed by atoms with van der Waals surface area (Å²) in [5, 5.41) is 2.18. The van der Waals surface area contributed by atoms with Gasteiger partial charge in [0.1, 0.15) is 35.9 Å². The minimum Gasteiger partial charge on any atom is -0.461 e. The van der Waals surface area contributed by atoms with Crippen molar-refractivity contribution in [3.63, 3.8) is 0 Å². The number of hydrogen-bond donors (Lipinski definition) is 1. The predicted octanol–water partition coefficient (Wildman–Crippen LogP) is 0.859. The second-order valence-corrected chi connectivity index (χ2v) is 9.47. The molecule has 172 valence electrons. The van der Waals surface area contributed by atoms with E-state index < -0.39 is 40.8 Å². The number of β-lactam (4-membered cyclic amide) rings is 1. The van der Waals surface area contributed by atoms with Gasteiger partial charge in [0, 0.05) is 24.4 Å². The van der Waals surface area contributed by atoms with Crippen molar-refractivity contribution < 1.29 is 33.4 Å². The van der Waals surface area contributed by atoms with Crippen molar-refractivity contribution >= 4 is 41.8 Å². The maximum absolute atomic E-state index is 12.9. The maximum atomic E-state index is 12.9. The summed E-state index contributed by atoms with van der Waals surface area (Å²) in [6.07, 6.45) is 2.24. The number of hydrogen-bond acceptors (Lipinski definition) is 8. The first-order chi connectivity index (χ1) is 15.0. The Morgan fingerprint density at radius 2 is 2.03 bits per heavy atom. The lowest BCUT2D eigenvalue weighted by atomic mass is 10.0. The average Bonchev–Trinajstić information content (AvgIpc) is 3.15. The van der Waals surface area contributed by atoms with E-state index in [0.29, 0.717) is 23.3 Å². The number of amides is 2. The van der Waals surface area contributed by atoms with E-state index in [1.54, 1.807) is 39.1 Å². The number of aromatic nitrogens is 1. The number of rotatable bonds is 7. The number of thioether (sulfide) groups is 1. The summed E-state index contributed by atoms with van der Waals surface area (Å²) in [7, 11) is 0. The van der Waals surface area contributed by atoms with Gasteiger partial charge in [-0.15, -0.1) is 11.8 Å². The van der Waals surface area contributed by atoms with Crippen LogP contribution in [0.1, 0.15) is 38.2 Å². The number of fused-ring (bicyclic) bond motifs is 1. The van der Waals surface area contributed by atoms with Gasteiger partial charge in [0.25, 0.3) is 5.91 Å². The van der Waals surface area contributed by atoms with E-state index >= 15 is 0 Å². The van der Waals surface area contributed by atoms with Crippen molar-refractivity contribution in [3.8, 4) is 0 Å². The van der Waals surface area contributed by atoms with Crippen LogP contribution < -0.4 is 5.32 Å². The first-order valence-corrected chi connectivity index (χ1v) is 11.0. The summed E-state index contributed by atoms with van der Waals surface area (Å²) in [6, 6.07) is 2.40. The first kappa shape index (κ1) is 23.6. The molecule has 3 heterocycles. The Balaban J connectivity index is 1.76. The van der Waals surface area contributed by atoms with Gasteiger partial charge in [-0.3, -0.25) is 24.1 Å². The molecule has 2 unspecified atom stereocenters. The van der Waals surface area contributed by atoms with Gasteiger partial charge in [-0.05, 0) is 32.9 Å². The lowest BCUT2D eigenvalue weighted by molar-refractivity contribution is -0.159. The van der Waals surface area contributed by atoms with Crippen LogP contribution in [0.3, 0.4) is 0 Å². The average molecular weight is 464 g/mol. The highest BCUT2D eigenvalue weighted by atomic mass is 32.2. The lowest BCUT2D eigenvalue weighted by Gasteiger charge is -2.49. The highest BCUT2D eigenvalue weighted by Gasteiger charge is 2.54. The Bertz CT molecular complexity index is 992. The van der Waals surface area contributed by atoms with Crippen LogP contribution >= 0.6 is 11.8 Å². The van der Waals surface area contributed by atoms with Crippen LogP contribution in [0.15, 0.2) is 29.6 Å². The Morgan fingerprint density at radius 3 is 2.66 bits per heavy atom. The van der Waals surface area contributed by atoms with Crippen molar-refractivity contribution in [3.05, 3.63) is 35.3 Å². The largest absolute Gasteiger partial charge is 0.461 e. The molecule has 1 saturated heterocycles. The Morgan fingerprint density at radius 1 is 1.31 bits per heavy atom. The predicted molar refractivity (Wildman–Crippen MR) is 114 cm³/mol. The smallest absolute Gasteiger partial charge is 0.355 e. The molecule has 0 bridgehead atoms. The summed E-state index contributed by atoms with van der Waals surface area (Å²) >= 11 is 1.35. The fourth-order valence-corrected chi connectivity index (χ4v) is 4.68. The minimum atomic E-state index is -0.824. The minimum absolute atomic E-state index is 0.0501. The second kappa shape index (κ2) is 9.19. The van der Waals surface area contributed by atoms with Crippen molar-refractivity contribution in [2.75, 3.05) is 12.4 Å². The van der Waals surface area contributed by atoms with E-state index in [0.717, 1.165) is 0 Å².